The van der Waals surface area contributed by atoms with Gasteiger partial charge in [0.2, 0.25) is 0 Å². The van der Waals surface area contributed by atoms with Crippen LogP contribution in [0.1, 0.15) is 0 Å². The van der Waals surface area contributed by atoms with Gasteiger partial charge in [-0.1, -0.05) is 23.2 Å². The molecule has 0 amide bonds. The minimum atomic E-state index is -0.470. The molecule has 2 N–H and O–H groups in total. The standard InChI is InChI=1S/2C17H10ClFN6/c2*18-10-1-2-13(19)12(9-10)15-24-16-14(21-7-8-22-16)17(25-15)23-11-3-5-20-6-4-11/h2*1-9H,(H,20,22,23,24,25). The topological polar surface area (TPSA) is 153 Å². The van der Waals surface area contributed by atoms with Crippen molar-refractivity contribution in [2.75, 3.05) is 10.6 Å². The first-order valence-corrected chi connectivity index (χ1v) is 15.4. The summed E-state index contributed by atoms with van der Waals surface area (Å²) in [6.07, 6.45) is 12.7. The smallest absolute Gasteiger partial charge is 0.184 e. The Labute approximate surface area is 291 Å². The number of rotatable bonds is 6. The first kappa shape index (κ1) is 32.2. The van der Waals surface area contributed by atoms with Crippen molar-refractivity contribution in [1.29, 1.82) is 0 Å². The van der Waals surface area contributed by atoms with Gasteiger partial charge in [-0.25, -0.2) is 48.7 Å². The summed E-state index contributed by atoms with van der Waals surface area (Å²) < 4.78 is 28.4. The number of nitrogens with one attached hydrogen (secondary N) is 2. The van der Waals surface area contributed by atoms with Crippen molar-refractivity contribution < 1.29 is 8.78 Å². The van der Waals surface area contributed by atoms with Gasteiger partial charge in [-0.15, -0.1) is 0 Å². The Morgan fingerprint density at radius 2 is 0.860 bits per heavy atom. The van der Waals surface area contributed by atoms with Crippen LogP contribution in [0, 0.1) is 11.6 Å². The number of halogens is 4. The van der Waals surface area contributed by atoms with E-state index in [0.717, 1.165) is 11.4 Å². The lowest BCUT2D eigenvalue weighted by Crippen LogP contribution is -2.02. The Balaban J connectivity index is 0.000000157. The summed E-state index contributed by atoms with van der Waals surface area (Å²) in [6.45, 7) is 0. The number of fused-ring (bicyclic) bond motifs is 2. The molecule has 244 valence electrons. The van der Waals surface area contributed by atoms with Crippen LogP contribution in [0.2, 0.25) is 10.0 Å². The highest BCUT2D eigenvalue weighted by atomic mass is 35.5. The molecule has 0 aliphatic heterocycles. The normalized spacial score (nSPS) is 10.8. The molecular formula is C34H20Cl2F2N12. The van der Waals surface area contributed by atoms with Crippen LogP contribution in [-0.4, -0.2) is 49.8 Å². The Morgan fingerprint density at radius 3 is 1.28 bits per heavy atom. The van der Waals surface area contributed by atoms with Crippen molar-refractivity contribution in [3.63, 3.8) is 0 Å². The molecule has 0 bridgehead atoms. The first-order valence-electron chi connectivity index (χ1n) is 14.6. The SMILES string of the molecule is Fc1ccc(Cl)cc1-c1nc(Nc2ccncc2)c2nccnc2n1.Fc1ccc(Cl)cc1-c1nc(Nc2ccncc2)c2nccnc2n1. The summed E-state index contributed by atoms with van der Waals surface area (Å²) >= 11 is 12.0. The molecule has 0 atom stereocenters. The molecule has 0 unspecified atom stereocenters. The van der Waals surface area contributed by atoms with Crippen LogP contribution in [0.4, 0.5) is 31.8 Å². The van der Waals surface area contributed by atoms with E-state index < -0.39 is 11.6 Å². The first-order chi connectivity index (χ1) is 24.4. The predicted octanol–water partition coefficient (Wildman–Crippen LogP) is 8.04. The van der Waals surface area contributed by atoms with E-state index in [1.165, 1.54) is 48.8 Å². The zero-order chi connectivity index (χ0) is 34.5. The summed E-state index contributed by atoms with van der Waals surface area (Å²) in [4.78, 5) is 42.4. The minimum Gasteiger partial charge on any atom is -0.338 e. The minimum absolute atomic E-state index is 0.171. The maximum atomic E-state index is 14.2. The molecule has 0 aliphatic rings. The van der Waals surface area contributed by atoms with Gasteiger partial charge in [0, 0.05) is 71.0 Å². The summed E-state index contributed by atoms with van der Waals surface area (Å²) in [5.74, 6) is 0.233. The van der Waals surface area contributed by atoms with Gasteiger partial charge in [0.15, 0.2) is 45.6 Å². The molecule has 8 aromatic rings. The van der Waals surface area contributed by atoms with Gasteiger partial charge in [0.1, 0.15) is 11.6 Å². The summed E-state index contributed by atoms with van der Waals surface area (Å²) in [5.41, 5.74) is 3.56. The van der Waals surface area contributed by atoms with Crippen LogP contribution in [0.5, 0.6) is 0 Å². The van der Waals surface area contributed by atoms with Gasteiger partial charge < -0.3 is 10.6 Å². The summed E-state index contributed by atoms with van der Waals surface area (Å²) in [6, 6.07) is 15.6. The van der Waals surface area contributed by atoms with E-state index in [2.05, 4.69) is 60.5 Å². The van der Waals surface area contributed by atoms with Crippen LogP contribution >= 0.6 is 23.2 Å². The molecule has 6 heterocycles. The zero-order valence-corrected chi connectivity index (χ0v) is 26.9. The van der Waals surface area contributed by atoms with Crippen molar-refractivity contribution >= 4 is 68.5 Å². The Hall–Kier alpha value is -6.38. The Kier molecular flexibility index (Phi) is 9.26. The molecule has 6 aromatic heterocycles. The average Bonchev–Trinajstić information content (AvgIpc) is 3.14. The molecule has 8 rings (SSSR count). The third-order valence-electron chi connectivity index (χ3n) is 6.89. The van der Waals surface area contributed by atoms with Crippen molar-refractivity contribution in [1.82, 2.24) is 49.8 Å². The highest BCUT2D eigenvalue weighted by Gasteiger charge is 2.16. The second-order valence-corrected chi connectivity index (χ2v) is 11.1. The molecule has 0 radical (unpaired) electrons. The Morgan fingerprint density at radius 1 is 0.460 bits per heavy atom. The quantitative estimate of drug-likeness (QED) is 0.172. The molecule has 2 aromatic carbocycles. The number of nitrogens with zero attached hydrogens (tertiary/aromatic N) is 10. The van der Waals surface area contributed by atoms with Gasteiger partial charge in [-0.3, -0.25) is 9.97 Å². The number of hydrogen-bond acceptors (Lipinski definition) is 12. The van der Waals surface area contributed by atoms with Gasteiger partial charge >= 0.3 is 0 Å². The molecule has 0 spiro atoms. The van der Waals surface area contributed by atoms with E-state index in [9.17, 15) is 8.78 Å². The molecule has 50 heavy (non-hydrogen) atoms. The lowest BCUT2D eigenvalue weighted by Gasteiger charge is -2.10. The van der Waals surface area contributed by atoms with Crippen LogP contribution in [0.15, 0.2) is 110 Å². The number of pyridine rings is 2. The summed E-state index contributed by atoms with van der Waals surface area (Å²) in [5, 5.41) is 7.07. The van der Waals surface area contributed by atoms with E-state index in [1.54, 1.807) is 61.4 Å². The van der Waals surface area contributed by atoms with Crippen LogP contribution in [0.3, 0.4) is 0 Å². The van der Waals surface area contributed by atoms with Crippen molar-refractivity contribution in [3.05, 3.63) is 132 Å². The highest BCUT2D eigenvalue weighted by molar-refractivity contribution is 6.31. The van der Waals surface area contributed by atoms with E-state index >= 15 is 0 Å². The molecule has 0 saturated carbocycles. The third kappa shape index (κ3) is 7.21. The summed E-state index contributed by atoms with van der Waals surface area (Å²) in [7, 11) is 0. The van der Waals surface area contributed by atoms with E-state index in [0.29, 0.717) is 44.0 Å². The van der Waals surface area contributed by atoms with Gasteiger partial charge in [-0.05, 0) is 60.7 Å². The van der Waals surface area contributed by atoms with Crippen LogP contribution < -0.4 is 10.6 Å². The maximum Gasteiger partial charge on any atom is 0.184 e. The van der Waals surface area contributed by atoms with Gasteiger partial charge in [0.25, 0.3) is 0 Å². The number of hydrogen-bond donors (Lipinski definition) is 2. The van der Waals surface area contributed by atoms with Crippen molar-refractivity contribution in [2.24, 2.45) is 0 Å². The number of anilines is 4. The van der Waals surface area contributed by atoms with Crippen molar-refractivity contribution in [2.45, 2.75) is 0 Å². The maximum absolute atomic E-state index is 14.2. The van der Waals surface area contributed by atoms with E-state index in [4.69, 9.17) is 23.2 Å². The molecule has 0 saturated heterocycles. The molecular weight excluding hydrogens is 685 g/mol. The van der Waals surface area contributed by atoms with Gasteiger partial charge in [0.05, 0.1) is 11.1 Å². The van der Waals surface area contributed by atoms with Crippen LogP contribution in [0.25, 0.3) is 45.1 Å². The van der Waals surface area contributed by atoms with Crippen molar-refractivity contribution in [3.8, 4) is 22.8 Å². The van der Waals surface area contributed by atoms with E-state index in [1.807, 2.05) is 0 Å². The van der Waals surface area contributed by atoms with E-state index in [-0.39, 0.29) is 22.8 Å². The predicted molar refractivity (Wildman–Crippen MR) is 186 cm³/mol. The zero-order valence-electron chi connectivity index (χ0n) is 25.4. The lowest BCUT2D eigenvalue weighted by atomic mass is 10.2. The second-order valence-electron chi connectivity index (χ2n) is 10.2. The molecule has 12 nitrogen and oxygen atoms in total. The second kappa shape index (κ2) is 14.4. The fraction of sp³-hybridized carbons (Fsp3) is 0. The largest absolute Gasteiger partial charge is 0.338 e. The molecule has 16 heteroatoms. The average molecular weight is 706 g/mol. The third-order valence-corrected chi connectivity index (χ3v) is 7.36. The molecule has 0 aliphatic carbocycles. The molecule has 0 fully saturated rings. The highest BCUT2D eigenvalue weighted by Crippen LogP contribution is 2.30. The lowest BCUT2D eigenvalue weighted by molar-refractivity contribution is 0.629. The van der Waals surface area contributed by atoms with Gasteiger partial charge in [-0.2, -0.15) is 0 Å². The van der Waals surface area contributed by atoms with Crippen LogP contribution in [-0.2, 0) is 0 Å². The number of benzene rings is 2. The Bertz CT molecular complexity index is 2290. The monoisotopic (exact) mass is 704 g/mol. The fourth-order valence-corrected chi connectivity index (χ4v) is 4.97. The number of aromatic nitrogens is 10. The fourth-order valence-electron chi connectivity index (χ4n) is 4.62.